The van der Waals surface area contributed by atoms with Gasteiger partial charge in [-0.2, -0.15) is 0 Å². The van der Waals surface area contributed by atoms with E-state index in [0.717, 1.165) is 24.2 Å². The topological polar surface area (TPSA) is 49.6 Å². The summed E-state index contributed by atoms with van der Waals surface area (Å²) in [6.07, 6.45) is 2.98. The Hall–Kier alpha value is -1.39. The molecule has 2 saturated heterocycles. The Labute approximate surface area is 126 Å². The Morgan fingerprint density at radius 3 is 2.81 bits per heavy atom. The number of nitrogens with zero attached hydrogens (tertiary/aromatic N) is 2. The predicted molar refractivity (Wildman–Crippen MR) is 83.8 cm³/mol. The number of piperazine rings is 1. The maximum Gasteiger partial charge on any atom is 0.227 e. The first kappa shape index (κ1) is 14.5. The van der Waals surface area contributed by atoms with Crippen molar-refractivity contribution in [2.45, 2.75) is 44.8 Å². The van der Waals surface area contributed by atoms with Crippen LogP contribution in [0.1, 0.15) is 30.9 Å². The second-order valence-corrected chi connectivity index (χ2v) is 6.34. The first-order valence-corrected chi connectivity index (χ1v) is 7.99. The molecule has 1 amide bonds. The lowest BCUT2D eigenvalue weighted by Gasteiger charge is -2.42. The monoisotopic (exact) mass is 287 g/mol. The third-order valence-corrected chi connectivity index (χ3v) is 4.94. The minimum atomic E-state index is 0.245. The summed E-state index contributed by atoms with van der Waals surface area (Å²) in [6.45, 7) is 5.78. The average molecular weight is 287 g/mol. The van der Waals surface area contributed by atoms with E-state index >= 15 is 0 Å². The van der Waals surface area contributed by atoms with Gasteiger partial charge < -0.3 is 10.6 Å². The van der Waals surface area contributed by atoms with Crippen molar-refractivity contribution in [2.24, 2.45) is 5.73 Å². The first-order chi connectivity index (χ1) is 10.2. The summed E-state index contributed by atoms with van der Waals surface area (Å²) in [5, 5.41) is 0. The SMILES string of the molecule is CC1CN2CCCC2CN1C(=O)Cc1ccccc1CN. The zero-order chi connectivity index (χ0) is 14.8. The molecule has 2 unspecified atom stereocenters. The highest BCUT2D eigenvalue weighted by atomic mass is 16.2. The van der Waals surface area contributed by atoms with Gasteiger partial charge in [0.2, 0.25) is 5.91 Å². The van der Waals surface area contributed by atoms with Crippen molar-refractivity contribution in [3.05, 3.63) is 35.4 Å². The molecule has 2 fully saturated rings. The highest BCUT2D eigenvalue weighted by Gasteiger charge is 2.36. The van der Waals surface area contributed by atoms with E-state index in [9.17, 15) is 4.79 Å². The lowest BCUT2D eigenvalue weighted by Crippen LogP contribution is -2.57. The summed E-state index contributed by atoms with van der Waals surface area (Å²) in [4.78, 5) is 17.3. The number of benzene rings is 1. The van der Waals surface area contributed by atoms with E-state index < -0.39 is 0 Å². The minimum Gasteiger partial charge on any atom is -0.337 e. The zero-order valence-electron chi connectivity index (χ0n) is 12.8. The van der Waals surface area contributed by atoms with E-state index in [-0.39, 0.29) is 5.91 Å². The number of hydrogen-bond acceptors (Lipinski definition) is 3. The lowest BCUT2D eigenvalue weighted by atomic mass is 10.0. The molecule has 4 nitrogen and oxygen atoms in total. The van der Waals surface area contributed by atoms with Crippen molar-refractivity contribution in [3.63, 3.8) is 0 Å². The van der Waals surface area contributed by atoms with Crippen LogP contribution in [0.2, 0.25) is 0 Å². The molecule has 2 N–H and O–H groups in total. The Bertz CT molecular complexity index is 517. The van der Waals surface area contributed by atoms with Gasteiger partial charge >= 0.3 is 0 Å². The van der Waals surface area contributed by atoms with Crippen molar-refractivity contribution in [1.29, 1.82) is 0 Å². The molecular weight excluding hydrogens is 262 g/mol. The third kappa shape index (κ3) is 2.97. The Balaban J connectivity index is 1.70. The molecule has 2 aliphatic heterocycles. The fourth-order valence-electron chi connectivity index (χ4n) is 3.73. The average Bonchev–Trinajstić information content (AvgIpc) is 2.94. The molecule has 0 saturated carbocycles. The van der Waals surface area contributed by atoms with Crippen molar-refractivity contribution >= 4 is 5.91 Å². The Morgan fingerprint density at radius 2 is 2.05 bits per heavy atom. The molecule has 114 valence electrons. The standard InChI is InChI=1S/C17H25N3O/c1-13-11-19-8-4-7-16(19)12-20(13)17(21)9-14-5-2-3-6-15(14)10-18/h2-3,5-6,13,16H,4,7-12,18H2,1H3. The molecule has 0 bridgehead atoms. The van der Waals surface area contributed by atoms with Crippen molar-refractivity contribution in [1.82, 2.24) is 9.80 Å². The molecule has 3 rings (SSSR count). The fourth-order valence-corrected chi connectivity index (χ4v) is 3.73. The molecule has 0 aromatic heterocycles. The summed E-state index contributed by atoms with van der Waals surface area (Å²) >= 11 is 0. The van der Waals surface area contributed by atoms with Crippen LogP contribution in [0.4, 0.5) is 0 Å². The molecule has 0 radical (unpaired) electrons. The first-order valence-electron chi connectivity index (χ1n) is 7.99. The highest BCUT2D eigenvalue weighted by Crippen LogP contribution is 2.25. The largest absolute Gasteiger partial charge is 0.337 e. The number of fused-ring (bicyclic) bond motifs is 1. The van der Waals surface area contributed by atoms with Gasteiger partial charge in [-0.1, -0.05) is 24.3 Å². The van der Waals surface area contributed by atoms with Gasteiger partial charge in [-0.05, 0) is 37.4 Å². The van der Waals surface area contributed by atoms with Crippen molar-refractivity contribution in [2.75, 3.05) is 19.6 Å². The molecule has 2 atom stereocenters. The van der Waals surface area contributed by atoms with Gasteiger partial charge in [-0.15, -0.1) is 0 Å². The number of hydrogen-bond donors (Lipinski definition) is 1. The number of carbonyl (C=O) groups is 1. The summed E-state index contributed by atoms with van der Waals surface area (Å²) < 4.78 is 0. The van der Waals surface area contributed by atoms with E-state index in [1.165, 1.54) is 19.4 Å². The quantitative estimate of drug-likeness (QED) is 0.914. The Morgan fingerprint density at radius 1 is 1.29 bits per heavy atom. The number of nitrogens with two attached hydrogens (primary N) is 1. The maximum absolute atomic E-state index is 12.7. The minimum absolute atomic E-state index is 0.245. The molecule has 0 aliphatic carbocycles. The van der Waals surface area contributed by atoms with Gasteiger partial charge in [0.25, 0.3) is 0 Å². The molecule has 21 heavy (non-hydrogen) atoms. The second kappa shape index (κ2) is 6.16. The van der Waals surface area contributed by atoms with Gasteiger partial charge in [0.05, 0.1) is 6.42 Å². The van der Waals surface area contributed by atoms with Gasteiger partial charge in [-0.25, -0.2) is 0 Å². The van der Waals surface area contributed by atoms with Crippen LogP contribution in [0.15, 0.2) is 24.3 Å². The maximum atomic E-state index is 12.7. The van der Waals surface area contributed by atoms with Crippen LogP contribution in [-0.4, -0.2) is 47.4 Å². The number of amides is 1. The molecule has 1 aromatic carbocycles. The van der Waals surface area contributed by atoms with Crippen molar-refractivity contribution < 1.29 is 4.79 Å². The van der Waals surface area contributed by atoms with Crippen LogP contribution >= 0.6 is 0 Å². The van der Waals surface area contributed by atoms with E-state index in [1.54, 1.807) is 0 Å². The van der Waals surface area contributed by atoms with Gasteiger partial charge in [0.1, 0.15) is 0 Å². The van der Waals surface area contributed by atoms with Crippen LogP contribution in [0.3, 0.4) is 0 Å². The predicted octanol–water partition coefficient (Wildman–Crippen LogP) is 1.38. The van der Waals surface area contributed by atoms with Crippen LogP contribution in [0, 0.1) is 0 Å². The summed E-state index contributed by atoms with van der Waals surface area (Å²) in [5.41, 5.74) is 7.93. The smallest absolute Gasteiger partial charge is 0.227 e. The summed E-state index contributed by atoms with van der Waals surface area (Å²) in [5.74, 6) is 0.245. The Kier molecular flexibility index (Phi) is 4.27. The molecule has 2 heterocycles. The number of rotatable bonds is 3. The van der Waals surface area contributed by atoms with Crippen LogP contribution < -0.4 is 5.73 Å². The van der Waals surface area contributed by atoms with Crippen LogP contribution in [0.25, 0.3) is 0 Å². The van der Waals surface area contributed by atoms with E-state index in [4.69, 9.17) is 5.73 Å². The molecule has 0 spiro atoms. The van der Waals surface area contributed by atoms with Crippen LogP contribution in [-0.2, 0) is 17.8 Å². The van der Waals surface area contributed by atoms with Crippen molar-refractivity contribution in [3.8, 4) is 0 Å². The zero-order valence-corrected chi connectivity index (χ0v) is 12.8. The van der Waals surface area contributed by atoms with E-state index in [2.05, 4.69) is 16.7 Å². The van der Waals surface area contributed by atoms with Gasteiger partial charge in [-0.3, -0.25) is 9.69 Å². The fraction of sp³-hybridized carbons (Fsp3) is 0.588. The highest BCUT2D eigenvalue weighted by molar-refractivity contribution is 5.79. The molecular formula is C17H25N3O. The van der Waals surface area contributed by atoms with E-state index in [0.29, 0.717) is 25.0 Å². The number of carbonyl (C=O) groups excluding carboxylic acids is 1. The second-order valence-electron chi connectivity index (χ2n) is 6.34. The third-order valence-electron chi connectivity index (χ3n) is 4.94. The molecule has 2 aliphatic rings. The summed E-state index contributed by atoms with van der Waals surface area (Å²) in [7, 11) is 0. The molecule has 4 heteroatoms. The lowest BCUT2D eigenvalue weighted by molar-refractivity contribution is -0.136. The normalized spacial score (nSPS) is 25.9. The van der Waals surface area contributed by atoms with E-state index in [1.807, 2.05) is 24.3 Å². The summed E-state index contributed by atoms with van der Waals surface area (Å²) in [6, 6.07) is 8.90. The van der Waals surface area contributed by atoms with Crippen LogP contribution in [0.5, 0.6) is 0 Å². The van der Waals surface area contributed by atoms with Gasteiger partial charge in [0, 0.05) is 31.7 Å². The van der Waals surface area contributed by atoms with Gasteiger partial charge in [0.15, 0.2) is 0 Å². The molecule has 1 aromatic rings.